The van der Waals surface area contributed by atoms with E-state index in [4.69, 9.17) is 0 Å². The van der Waals surface area contributed by atoms with Crippen molar-refractivity contribution < 1.29 is 9.59 Å². The largest absolute Gasteiger partial charge is 0.348 e. The van der Waals surface area contributed by atoms with Gasteiger partial charge in [0.2, 0.25) is 0 Å². The van der Waals surface area contributed by atoms with Crippen LogP contribution in [0.2, 0.25) is 0 Å². The lowest BCUT2D eigenvalue weighted by atomic mass is 10.0. The molecule has 1 heterocycles. The number of amides is 1. The van der Waals surface area contributed by atoms with Gasteiger partial charge in [-0.3, -0.25) is 9.59 Å². The number of rotatable bonds is 2. The maximum absolute atomic E-state index is 11.3. The zero-order valence-electron chi connectivity index (χ0n) is 7.96. The highest BCUT2D eigenvalue weighted by atomic mass is 16.2. The van der Waals surface area contributed by atoms with Gasteiger partial charge < -0.3 is 5.32 Å². The second-order valence-electron chi connectivity index (χ2n) is 3.55. The Morgan fingerprint density at radius 1 is 1.50 bits per heavy atom. The molecule has 1 aromatic rings. The van der Waals surface area contributed by atoms with Crippen molar-refractivity contribution in [2.45, 2.75) is 19.9 Å². The molecular weight excluding hydrogens is 178 g/mol. The van der Waals surface area contributed by atoms with Crippen molar-refractivity contribution in [2.24, 2.45) is 0 Å². The van der Waals surface area contributed by atoms with E-state index in [-0.39, 0.29) is 11.7 Å². The second-order valence-corrected chi connectivity index (χ2v) is 3.55. The number of carbonyl (C=O) groups excluding carboxylic acids is 2. The van der Waals surface area contributed by atoms with E-state index in [0.29, 0.717) is 18.5 Å². The molecule has 14 heavy (non-hydrogen) atoms. The van der Waals surface area contributed by atoms with Gasteiger partial charge in [-0.1, -0.05) is 12.1 Å². The number of hydrogen-bond acceptors (Lipinski definition) is 2. The Bertz CT molecular complexity index is 410. The summed E-state index contributed by atoms with van der Waals surface area (Å²) in [5, 5.41) is 2.74. The molecule has 0 bridgehead atoms. The summed E-state index contributed by atoms with van der Waals surface area (Å²) >= 11 is 0. The van der Waals surface area contributed by atoms with Gasteiger partial charge in [0.1, 0.15) is 5.78 Å². The Morgan fingerprint density at radius 2 is 2.29 bits per heavy atom. The fourth-order valence-electron chi connectivity index (χ4n) is 1.66. The Hall–Kier alpha value is -1.64. The molecule has 0 aliphatic carbocycles. The van der Waals surface area contributed by atoms with Gasteiger partial charge in [0.25, 0.3) is 5.91 Å². The number of fused-ring (bicyclic) bond motifs is 1. The van der Waals surface area contributed by atoms with Gasteiger partial charge in [0.15, 0.2) is 0 Å². The molecule has 2 rings (SSSR count). The molecule has 0 unspecified atom stereocenters. The van der Waals surface area contributed by atoms with Crippen LogP contribution in [-0.2, 0) is 17.8 Å². The molecule has 1 aliphatic rings. The second kappa shape index (κ2) is 3.25. The number of nitrogens with one attached hydrogen (secondary N) is 1. The van der Waals surface area contributed by atoms with E-state index in [1.807, 2.05) is 12.1 Å². The molecule has 0 fully saturated rings. The lowest BCUT2D eigenvalue weighted by Crippen LogP contribution is -2.12. The summed E-state index contributed by atoms with van der Waals surface area (Å²) in [7, 11) is 0. The van der Waals surface area contributed by atoms with Crippen molar-refractivity contribution in [1.29, 1.82) is 0 Å². The summed E-state index contributed by atoms with van der Waals surface area (Å²) in [5.74, 6) is 0.0776. The van der Waals surface area contributed by atoms with Crippen molar-refractivity contribution in [1.82, 2.24) is 5.32 Å². The molecule has 1 N–H and O–H groups in total. The number of benzene rings is 1. The fraction of sp³-hybridized carbons (Fsp3) is 0.273. The molecule has 3 heteroatoms. The summed E-state index contributed by atoms with van der Waals surface area (Å²) < 4.78 is 0. The lowest BCUT2D eigenvalue weighted by Gasteiger charge is -2.00. The van der Waals surface area contributed by atoms with E-state index < -0.39 is 0 Å². The average molecular weight is 189 g/mol. The zero-order chi connectivity index (χ0) is 10.1. The van der Waals surface area contributed by atoms with Crippen LogP contribution in [0.3, 0.4) is 0 Å². The average Bonchev–Trinajstić information content (AvgIpc) is 2.47. The van der Waals surface area contributed by atoms with E-state index in [1.54, 1.807) is 13.0 Å². The molecule has 1 amide bonds. The fourth-order valence-corrected chi connectivity index (χ4v) is 1.66. The normalized spacial score (nSPS) is 13.6. The van der Waals surface area contributed by atoms with Crippen molar-refractivity contribution in [3.8, 4) is 0 Å². The van der Waals surface area contributed by atoms with Gasteiger partial charge in [-0.15, -0.1) is 0 Å². The summed E-state index contributed by atoms with van der Waals surface area (Å²) in [6.45, 7) is 2.15. The van der Waals surface area contributed by atoms with E-state index in [1.165, 1.54) is 0 Å². The summed E-state index contributed by atoms with van der Waals surface area (Å²) in [4.78, 5) is 22.2. The van der Waals surface area contributed by atoms with Crippen LogP contribution >= 0.6 is 0 Å². The molecule has 0 aromatic heterocycles. The van der Waals surface area contributed by atoms with Crippen LogP contribution in [0.4, 0.5) is 0 Å². The minimum Gasteiger partial charge on any atom is -0.348 e. The molecule has 0 saturated heterocycles. The first-order chi connectivity index (χ1) is 6.66. The lowest BCUT2D eigenvalue weighted by molar-refractivity contribution is -0.116. The van der Waals surface area contributed by atoms with Crippen LogP contribution in [0.5, 0.6) is 0 Å². The minimum absolute atomic E-state index is 0.0367. The predicted molar refractivity (Wildman–Crippen MR) is 52.0 cm³/mol. The van der Waals surface area contributed by atoms with Crippen LogP contribution in [0.1, 0.15) is 28.4 Å². The third kappa shape index (κ3) is 1.53. The first kappa shape index (κ1) is 8.94. The van der Waals surface area contributed by atoms with Crippen molar-refractivity contribution in [2.75, 3.05) is 0 Å². The van der Waals surface area contributed by atoms with Gasteiger partial charge in [0.05, 0.1) is 0 Å². The van der Waals surface area contributed by atoms with Crippen LogP contribution in [-0.4, -0.2) is 11.7 Å². The Kier molecular flexibility index (Phi) is 2.08. The summed E-state index contributed by atoms with van der Waals surface area (Å²) in [6, 6.07) is 5.62. The number of hydrogen-bond donors (Lipinski definition) is 1. The number of Topliss-reactive ketones (excluding diaryl/α,β-unsaturated/α-hetero) is 1. The highest BCUT2D eigenvalue weighted by molar-refractivity contribution is 5.98. The smallest absolute Gasteiger partial charge is 0.251 e. The Morgan fingerprint density at radius 3 is 3.00 bits per heavy atom. The van der Waals surface area contributed by atoms with Gasteiger partial charge in [0, 0.05) is 18.5 Å². The van der Waals surface area contributed by atoms with E-state index in [0.717, 1.165) is 11.1 Å². The third-order valence-electron chi connectivity index (χ3n) is 2.31. The number of carbonyl (C=O) groups is 2. The van der Waals surface area contributed by atoms with E-state index in [2.05, 4.69) is 5.32 Å². The van der Waals surface area contributed by atoms with Gasteiger partial charge in [-0.2, -0.15) is 0 Å². The van der Waals surface area contributed by atoms with Gasteiger partial charge in [-0.05, 0) is 24.1 Å². The van der Waals surface area contributed by atoms with Crippen LogP contribution < -0.4 is 5.32 Å². The number of ketones is 1. The maximum Gasteiger partial charge on any atom is 0.251 e. The van der Waals surface area contributed by atoms with E-state index >= 15 is 0 Å². The Labute approximate surface area is 82.1 Å². The molecule has 0 spiro atoms. The van der Waals surface area contributed by atoms with Crippen molar-refractivity contribution in [3.63, 3.8) is 0 Å². The SMILES string of the molecule is CC(=O)Cc1ccc2c(c1)C(=O)NC2. The standard InChI is InChI=1S/C11H11NO2/c1-7(13)4-8-2-3-9-6-12-11(14)10(9)5-8/h2-3,5H,4,6H2,1H3,(H,12,14). The van der Waals surface area contributed by atoms with Gasteiger partial charge in [-0.25, -0.2) is 0 Å². The molecular formula is C11H11NO2. The topological polar surface area (TPSA) is 46.2 Å². The van der Waals surface area contributed by atoms with Crippen LogP contribution in [0.15, 0.2) is 18.2 Å². The molecule has 72 valence electrons. The van der Waals surface area contributed by atoms with Crippen LogP contribution in [0.25, 0.3) is 0 Å². The molecule has 0 saturated carbocycles. The summed E-state index contributed by atoms with van der Waals surface area (Å²) in [5.41, 5.74) is 2.64. The van der Waals surface area contributed by atoms with Crippen molar-refractivity contribution >= 4 is 11.7 Å². The molecule has 0 atom stereocenters. The van der Waals surface area contributed by atoms with Crippen LogP contribution in [0, 0.1) is 0 Å². The van der Waals surface area contributed by atoms with Crippen molar-refractivity contribution in [3.05, 3.63) is 34.9 Å². The zero-order valence-corrected chi connectivity index (χ0v) is 7.96. The first-order valence-electron chi connectivity index (χ1n) is 4.56. The monoisotopic (exact) mass is 189 g/mol. The quantitative estimate of drug-likeness (QED) is 0.756. The highest BCUT2D eigenvalue weighted by Gasteiger charge is 2.18. The van der Waals surface area contributed by atoms with E-state index in [9.17, 15) is 9.59 Å². The third-order valence-corrected chi connectivity index (χ3v) is 2.31. The molecule has 1 aliphatic heterocycles. The highest BCUT2D eigenvalue weighted by Crippen LogP contribution is 2.17. The van der Waals surface area contributed by atoms with Gasteiger partial charge >= 0.3 is 0 Å². The maximum atomic E-state index is 11.3. The molecule has 3 nitrogen and oxygen atoms in total. The predicted octanol–water partition coefficient (Wildman–Crippen LogP) is 1.06. The Balaban J connectivity index is 2.35. The summed E-state index contributed by atoms with van der Waals surface area (Å²) in [6.07, 6.45) is 0.403. The first-order valence-corrected chi connectivity index (χ1v) is 4.56. The molecule has 1 aromatic carbocycles. The molecule has 0 radical (unpaired) electrons. The minimum atomic E-state index is -0.0367.